The first-order valence-corrected chi connectivity index (χ1v) is 3.08. The van der Waals surface area contributed by atoms with Gasteiger partial charge in [0, 0.05) is 5.92 Å². The number of hydrogen-bond acceptors (Lipinski definition) is 3. The van der Waals surface area contributed by atoms with E-state index in [0.29, 0.717) is 6.61 Å². The Morgan fingerprint density at radius 3 is 2.62 bits per heavy atom. The minimum absolute atomic E-state index is 0.180. The van der Waals surface area contributed by atoms with Crippen LogP contribution in [0.1, 0.15) is 6.92 Å². The minimum atomic E-state index is -0.185. The molecule has 0 bridgehead atoms. The molecule has 1 aliphatic heterocycles. The molecule has 8 heavy (non-hydrogen) atoms. The van der Waals surface area contributed by atoms with E-state index in [0.717, 1.165) is 0 Å². The highest BCUT2D eigenvalue weighted by Gasteiger charge is 2.29. The van der Waals surface area contributed by atoms with Gasteiger partial charge >= 0.3 is 5.97 Å². The van der Waals surface area contributed by atoms with Crippen molar-refractivity contribution >= 4 is 18.6 Å². The Labute approximate surface area is 53.6 Å². The fourth-order valence-electron chi connectivity index (χ4n) is 0.622. The third-order valence-corrected chi connectivity index (χ3v) is 1.99. The molecule has 46 valence electrons. The zero-order valence-corrected chi connectivity index (χ0v) is 5.52. The molecule has 0 aromatic rings. The van der Waals surface area contributed by atoms with E-state index < -0.39 is 0 Å². The zero-order valence-electron chi connectivity index (χ0n) is 4.63. The number of carbonyl (C=O) groups is 1. The lowest BCUT2D eigenvalue weighted by molar-refractivity contribution is -0.137. The SMILES string of the molecule is CC1COC(=O)C1S. The van der Waals surface area contributed by atoms with Crippen LogP contribution in [0, 0.1) is 5.92 Å². The van der Waals surface area contributed by atoms with Crippen molar-refractivity contribution in [1.82, 2.24) is 0 Å². The van der Waals surface area contributed by atoms with Gasteiger partial charge < -0.3 is 4.74 Å². The third kappa shape index (κ3) is 0.823. The molecule has 2 nitrogen and oxygen atoms in total. The summed E-state index contributed by atoms with van der Waals surface area (Å²) in [6.45, 7) is 2.48. The molecule has 0 aromatic carbocycles. The second-order valence-corrected chi connectivity index (χ2v) is 2.61. The van der Waals surface area contributed by atoms with Crippen molar-refractivity contribution in [3.05, 3.63) is 0 Å². The molecule has 0 spiro atoms. The number of cyclic esters (lactones) is 1. The van der Waals surface area contributed by atoms with Gasteiger partial charge in [0.2, 0.25) is 0 Å². The second kappa shape index (κ2) is 1.97. The normalized spacial score (nSPS) is 37.5. The summed E-state index contributed by atoms with van der Waals surface area (Å²) in [4.78, 5) is 10.5. The van der Waals surface area contributed by atoms with E-state index in [9.17, 15) is 4.79 Å². The molecule has 1 rings (SSSR count). The van der Waals surface area contributed by atoms with Crippen LogP contribution in [0.15, 0.2) is 0 Å². The van der Waals surface area contributed by atoms with Gasteiger partial charge in [0.25, 0.3) is 0 Å². The van der Waals surface area contributed by atoms with Crippen molar-refractivity contribution in [2.45, 2.75) is 12.2 Å². The molecule has 3 heteroatoms. The van der Waals surface area contributed by atoms with E-state index >= 15 is 0 Å². The quantitative estimate of drug-likeness (QED) is 0.383. The smallest absolute Gasteiger partial charge is 0.319 e. The standard InChI is InChI=1S/C5H8O2S/c1-3-2-7-5(6)4(3)8/h3-4,8H,2H2,1H3. The van der Waals surface area contributed by atoms with Crippen LogP contribution in [0.3, 0.4) is 0 Å². The largest absolute Gasteiger partial charge is 0.465 e. The fraction of sp³-hybridized carbons (Fsp3) is 0.800. The average molecular weight is 132 g/mol. The monoisotopic (exact) mass is 132 g/mol. The molecule has 1 aliphatic rings. The number of thiol groups is 1. The third-order valence-electron chi connectivity index (χ3n) is 1.27. The first kappa shape index (κ1) is 5.95. The van der Waals surface area contributed by atoms with Gasteiger partial charge in [-0.15, -0.1) is 0 Å². The van der Waals surface area contributed by atoms with Crippen molar-refractivity contribution in [2.75, 3.05) is 6.61 Å². The summed E-state index contributed by atoms with van der Waals surface area (Å²) in [5, 5.41) is -0.185. The van der Waals surface area contributed by atoms with Gasteiger partial charge in [0.15, 0.2) is 0 Å². The van der Waals surface area contributed by atoms with Crippen molar-refractivity contribution in [3.8, 4) is 0 Å². The van der Waals surface area contributed by atoms with Crippen LogP contribution >= 0.6 is 12.6 Å². The molecule has 1 heterocycles. The highest BCUT2D eigenvalue weighted by Crippen LogP contribution is 2.18. The van der Waals surface area contributed by atoms with Crippen LogP contribution in [0.25, 0.3) is 0 Å². The van der Waals surface area contributed by atoms with Gasteiger partial charge in [0.05, 0.1) is 6.61 Å². The van der Waals surface area contributed by atoms with E-state index in [-0.39, 0.29) is 17.1 Å². The highest BCUT2D eigenvalue weighted by atomic mass is 32.1. The van der Waals surface area contributed by atoms with Crippen LogP contribution in [-0.2, 0) is 9.53 Å². The Hall–Kier alpha value is -0.180. The number of esters is 1. The Morgan fingerprint density at radius 2 is 2.50 bits per heavy atom. The number of rotatable bonds is 0. The summed E-state index contributed by atoms with van der Waals surface area (Å²) in [5.41, 5.74) is 0. The Kier molecular flexibility index (Phi) is 1.47. The number of ether oxygens (including phenoxy) is 1. The van der Waals surface area contributed by atoms with Gasteiger partial charge in [-0.2, -0.15) is 12.6 Å². The van der Waals surface area contributed by atoms with E-state index in [1.807, 2.05) is 6.92 Å². The van der Waals surface area contributed by atoms with E-state index in [1.54, 1.807) is 0 Å². The van der Waals surface area contributed by atoms with Crippen LogP contribution in [0.5, 0.6) is 0 Å². The predicted molar refractivity (Wildman–Crippen MR) is 32.9 cm³/mol. The fourth-order valence-corrected chi connectivity index (χ4v) is 0.783. The molecule has 0 radical (unpaired) electrons. The van der Waals surface area contributed by atoms with E-state index in [2.05, 4.69) is 17.4 Å². The van der Waals surface area contributed by atoms with Gasteiger partial charge in [-0.1, -0.05) is 6.92 Å². The maximum atomic E-state index is 10.5. The van der Waals surface area contributed by atoms with Crippen LogP contribution in [0.4, 0.5) is 0 Å². The average Bonchev–Trinajstić information content (AvgIpc) is 1.98. The van der Waals surface area contributed by atoms with Gasteiger partial charge in [0.1, 0.15) is 5.25 Å². The van der Waals surface area contributed by atoms with E-state index in [4.69, 9.17) is 0 Å². The first-order valence-electron chi connectivity index (χ1n) is 2.56. The highest BCUT2D eigenvalue weighted by molar-refractivity contribution is 7.81. The molecule has 0 saturated carbocycles. The van der Waals surface area contributed by atoms with Crippen LogP contribution in [-0.4, -0.2) is 17.8 Å². The van der Waals surface area contributed by atoms with E-state index in [1.165, 1.54) is 0 Å². The van der Waals surface area contributed by atoms with Crippen LogP contribution < -0.4 is 0 Å². The maximum Gasteiger partial charge on any atom is 0.319 e. The molecule has 0 aromatic heterocycles. The topological polar surface area (TPSA) is 26.3 Å². The molecule has 1 fully saturated rings. The summed E-state index contributed by atoms with van der Waals surface area (Å²) in [5.74, 6) is 0.103. The first-order chi connectivity index (χ1) is 3.72. The summed E-state index contributed by atoms with van der Waals surface area (Å²) in [7, 11) is 0. The Balaban J connectivity index is 2.56. The zero-order chi connectivity index (χ0) is 6.15. The molecular formula is C5H8O2S. The predicted octanol–water partition coefficient (Wildman–Crippen LogP) is 0.478. The lowest BCUT2D eigenvalue weighted by Crippen LogP contribution is -2.11. The molecule has 2 unspecified atom stereocenters. The molecule has 2 atom stereocenters. The minimum Gasteiger partial charge on any atom is -0.465 e. The van der Waals surface area contributed by atoms with Crippen LogP contribution in [0.2, 0.25) is 0 Å². The number of carbonyl (C=O) groups excluding carboxylic acids is 1. The summed E-state index contributed by atoms with van der Waals surface area (Å²) in [6, 6.07) is 0. The lowest BCUT2D eigenvalue weighted by atomic mass is 10.1. The molecular weight excluding hydrogens is 124 g/mol. The van der Waals surface area contributed by atoms with Crippen molar-refractivity contribution < 1.29 is 9.53 Å². The molecule has 0 N–H and O–H groups in total. The van der Waals surface area contributed by atoms with Crippen molar-refractivity contribution in [2.24, 2.45) is 5.92 Å². The molecule has 0 aliphatic carbocycles. The van der Waals surface area contributed by atoms with Crippen molar-refractivity contribution in [1.29, 1.82) is 0 Å². The second-order valence-electron chi connectivity index (χ2n) is 2.05. The number of hydrogen-bond donors (Lipinski definition) is 1. The van der Waals surface area contributed by atoms with Gasteiger partial charge in [-0.05, 0) is 0 Å². The summed E-state index contributed by atoms with van der Waals surface area (Å²) in [6.07, 6.45) is 0. The Morgan fingerprint density at radius 1 is 1.88 bits per heavy atom. The lowest BCUT2D eigenvalue weighted by Gasteiger charge is -1.97. The van der Waals surface area contributed by atoms with Gasteiger partial charge in [-0.25, -0.2) is 0 Å². The van der Waals surface area contributed by atoms with Crippen molar-refractivity contribution in [3.63, 3.8) is 0 Å². The molecule has 0 amide bonds. The Bertz CT molecular complexity index is 113. The van der Waals surface area contributed by atoms with Gasteiger partial charge in [-0.3, -0.25) is 4.79 Å². The summed E-state index contributed by atoms with van der Waals surface area (Å²) < 4.78 is 4.66. The summed E-state index contributed by atoms with van der Waals surface area (Å²) >= 11 is 4.01. The molecule has 1 saturated heterocycles. The maximum absolute atomic E-state index is 10.5.